The summed E-state index contributed by atoms with van der Waals surface area (Å²) in [6.45, 7) is 0. The summed E-state index contributed by atoms with van der Waals surface area (Å²) in [5.41, 5.74) is 5.26. The highest BCUT2D eigenvalue weighted by Crippen LogP contribution is 2.36. The van der Waals surface area contributed by atoms with Crippen LogP contribution >= 0.6 is 22.9 Å². The number of nitro benzene ring substituents is 1. The second-order valence-electron chi connectivity index (χ2n) is 6.75. The smallest absolute Gasteiger partial charge is 0.270 e. The Labute approximate surface area is 197 Å². The predicted octanol–water partition coefficient (Wildman–Crippen LogP) is 6.07. The fourth-order valence-electron chi connectivity index (χ4n) is 2.90. The summed E-state index contributed by atoms with van der Waals surface area (Å²) in [5, 5.41) is 19.5. The second kappa shape index (κ2) is 10.0. The van der Waals surface area contributed by atoms with E-state index in [-0.39, 0.29) is 11.6 Å². The fourth-order valence-corrected chi connectivity index (χ4v) is 3.86. The maximum absolute atomic E-state index is 12.7. The minimum Gasteiger partial charge on any atom is -0.312 e. The van der Waals surface area contributed by atoms with E-state index in [9.17, 15) is 14.9 Å². The molecular formula is C23H16ClN5O3S. The number of amides is 1. The number of carbonyl (C=O) groups excluding carboxylic acids is 1. The van der Waals surface area contributed by atoms with Gasteiger partial charge in [-0.1, -0.05) is 65.4 Å². The topological polar surface area (TPSA) is 110 Å². The van der Waals surface area contributed by atoms with E-state index < -0.39 is 4.92 Å². The summed E-state index contributed by atoms with van der Waals surface area (Å²) in [6.07, 6.45) is 1.46. The van der Waals surface area contributed by atoms with Crippen LogP contribution in [0.15, 0.2) is 84.0 Å². The van der Waals surface area contributed by atoms with E-state index in [0.29, 0.717) is 32.0 Å². The molecule has 0 fully saturated rings. The van der Waals surface area contributed by atoms with Crippen LogP contribution in [-0.4, -0.2) is 22.0 Å². The lowest BCUT2D eigenvalue weighted by Gasteiger charge is -2.05. The molecule has 0 radical (unpaired) electrons. The van der Waals surface area contributed by atoms with Crippen molar-refractivity contribution in [3.8, 4) is 11.3 Å². The normalized spacial score (nSPS) is 10.8. The quantitative estimate of drug-likeness (QED) is 0.191. The van der Waals surface area contributed by atoms with E-state index in [0.717, 1.165) is 5.56 Å². The number of benzene rings is 3. The molecule has 8 nitrogen and oxygen atoms in total. The highest BCUT2D eigenvalue weighted by Gasteiger charge is 2.16. The SMILES string of the molecule is O=C(Nc1sc(NN=Cc2cccc([N+](=O)[O-])c2)nc1-c1ccccc1)c1ccc(Cl)cc1. The number of nitro groups is 1. The lowest BCUT2D eigenvalue weighted by atomic mass is 10.1. The maximum Gasteiger partial charge on any atom is 0.270 e. The molecule has 164 valence electrons. The van der Waals surface area contributed by atoms with Crippen LogP contribution in [-0.2, 0) is 0 Å². The van der Waals surface area contributed by atoms with Gasteiger partial charge in [-0.2, -0.15) is 5.10 Å². The molecular weight excluding hydrogens is 462 g/mol. The Hall–Kier alpha value is -4.08. The molecule has 4 aromatic rings. The number of non-ortho nitro benzene ring substituents is 1. The van der Waals surface area contributed by atoms with E-state index in [1.54, 1.807) is 36.4 Å². The van der Waals surface area contributed by atoms with Gasteiger partial charge in [-0.3, -0.25) is 20.3 Å². The molecule has 1 aromatic heterocycles. The lowest BCUT2D eigenvalue weighted by molar-refractivity contribution is -0.384. The van der Waals surface area contributed by atoms with Gasteiger partial charge in [0.2, 0.25) is 5.13 Å². The molecule has 1 amide bonds. The molecule has 0 unspecified atom stereocenters. The molecule has 0 aliphatic carbocycles. The molecule has 0 spiro atoms. The molecule has 33 heavy (non-hydrogen) atoms. The first-order chi connectivity index (χ1) is 16.0. The van der Waals surface area contributed by atoms with Crippen molar-refractivity contribution in [1.82, 2.24) is 4.98 Å². The van der Waals surface area contributed by atoms with Crippen LogP contribution in [0.3, 0.4) is 0 Å². The molecule has 4 rings (SSSR count). The van der Waals surface area contributed by atoms with Crippen LogP contribution in [0.4, 0.5) is 15.8 Å². The Morgan fingerprint density at radius 2 is 1.82 bits per heavy atom. The van der Waals surface area contributed by atoms with Gasteiger partial charge in [-0.05, 0) is 24.3 Å². The van der Waals surface area contributed by atoms with E-state index in [1.165, 1.54) is 29.7 Å². The third-order valence-corrected chi connectivity index (χ3v) is 5.59. The first-order valence-electron chi connectivity index (χ1n) is 9.66. The molecule has 3 aromatic carbocycles. The van der Waals surface area contributed by atoms with E-state index in [2.05, 4.69) is 20.8 Å². The maximum atomic E-state index is 12.7. The number of nitrogens with zero attached hydrogens (tertiary/aromatic N) is 3. The number of aromatic nitrogens is 1. The summed E-state index contributed by atoms with van der Waals surface area (Å²) in [5.74, 6) is -0.292. The summed E-state index contributed by atoms with van der Waals surface area (Å²) in [6, 6.07) is 22.1. The molecule has 0 aliphatic rings. The van der Waals surface area contributed by atoms with Crippen molar-refractivity contribution in [2.45, 2.75) is 0 Å². The van der Waals surface area contributed by atoms with Crippen LogP contribution in [0, 0.1) is 10.1 Å². The number of halogens is 1. The molecule has 2 N–H and O–H groups in total. The standard InChI is InChI=1S/C23H16ClN5O3S/c24-18-11-9-17(10-12-18)21(30)27-22-20(16-6-2-1-3-7-16)26-23(33-22)28-25-14-15-5-4-8-19(13-15)29(31)32/h1-14H,(H,26,28)(H,27,30). The Kier molecular flexibility index (Phi) is 6.72. The Balaban J connectivity index is 1.57. The molecule has 0 aliphatic heterocycles. The summed E-state index contributed by atoms with van der Waals surface area (Å²) >= 11 is 7.13. The van der Waals surface area contributed by atoms with Gasteiger partial charge in [-0.25, -0.2) is 4.98 Å². The average molecular weight is 478 g/mol. The van der Waals surface area contributed by atoms with Crippen molar-refractivity contribution in [1.29, 1.82) is 0 Å². The van der Waals surface area contributed by atoms with Crippen molar-refractivity contribution in [3.63, 3.8) is 0 Å². The van der Waals surface area contributed by atoms with Crippen LogP contribution in [0.25, 0.3) is 11.3 Å². The zero-order valence-corrected chi connectivity index (χ0v) is 18.5. The van der Waals surface area contributed by atoms with Crippen molar-refractivity contribution in [2.75, 3.05) is 10.7 Å². The minimum absolute atomic E-state index is 0.0215. The number of rotatable bonds is 7. The van der Waals surface area contributed by atoms with Gasteiger partial charge in [0.1, 0.15) is 10.7 Å². The number of hydrogen-bond donors (Lipinski definition) is 2. The fraction of sp³-hybridized carbons (Fsp3) is 0. The van der Waals surface area contributed by atoms with E-state index in [4.69, 9.17) is 11.6 Å². The predicted molar refractivity (Wildman–Crippen MR) is 131 cm³/mol. The summed E-state index contributed by atoms with van der Waals surface area (Å²) in [7, 11) is 0. The van der Waals surface area contributed by atoms with Crippen LogP contribution < -0.4 is 10.7 Å². The molecule has 0 saturated heterocycles. The number of carbonyl (C=O) groups is 1. The zero-order valence-electron chi connectivity index (χ0n) is 16.9. The minimum atomic E-state index is -0.465. The number of nitrogens with one attached hydrogen (secondary N) is 2. The first kappa shape index (κ1) is 22.1. The van der Waals surface area contributed by atoms with Gasteiger partial charge in [0, 0.05) is 33.8 Å². The number of anilines is 2. The average Bonchev–Trinajstić information content (AvgIpc) is 3.22. The summed E-state index contributed by atoms with van der Waals surface area (Å²) < 4.78 is 0. The highest BCUT2D eigenvalue weighted by molar-refractivity contribution is 7.20. The van der Waals surface area contributed by atoms with Crippen molar-refractivity contribution < 1.29 is 9.72 Å². The largest absolute Gasteiger partial charge is 0.312 e. The zero-order chi connectivity index (χ0) is 23.2. The van der Waals surface area contributed by atoms with E-state index >= 15 is 0 Å². The molecule has 10 heteroatoms. The van der Waals surface area contributed by atoms with Gasteiger partial charge in [0.05, 0.1) is 11.1 Å². The van der Waals surface area contributed by atoms with Crippen LogP contribution in [0.2, 0.25) is 5.02 Å². The monoisotopic (exact) mass is 477 g/mol. The summed E-state index contributed by atoms with van der Waals surface area (Å²) in [4.78, 5) is 27.8. The van der Waals surface area contributed by atoms with Crippen molar-refractivity contribution in [3.05, 3.63) is 105 Å². The lowest BCUT2D eigenvalue weighted by Crippen LogP contribution is -2.11. The first-order valence-corrected chi connectivity index (χ1v) is 10.9. The van der Waals surface area contributed by atoms with Gasteiger partial charge in [0.15, 0.2) is 0 Å². The molecule has 0 saturated carbocycles. The van der Waals surface area contributed by atoms with Gasteiger partial charge >= 0.3 is 0 Å². The molecule has 1 heterocycles. The number of thiazole rings is 1. The van der Waals surface area contributed by atoms with Crippen molar-refractivity contribution >= 4 is 50.9 Å². The Morgan fingerprint density at radius 1 is 1.06 bits per heavy atom. The Bertz CT molecular complexity index is 1320. The molecule has 0 atom stereocenters. The van der Waals surface area contributed by atoms with E-state index in [1.807, 2.05) is 30.3 Å². The van der Waals surface area contributed by atoms with Crippen LogP contribution in [0.1, 0.15) is 15.9 Å². The van der Waals surface area contributed by atoms with Gasteiger partial charge in [-0.15, -0.1) is 0 Å². The van der Waals surface area contributed by atoms with Gasteiger partial charge in [0.25, 0.3) is 11.6 Å². The van der Waals surface area contributed by atoms with Crippen molar-refractivity contribution in [2.24, 2.45) is 5.10 Å². The molecule has 0 bridgehead atoms. The third kappa shape index (κ3) is 5.59. The number of hydrogen-bond acceptors (Lipinski definition) is 7. The number of hydrazone groups is 1. The van der Waals surface area contributed by atoms with Crippen LogP contribution in [0.5, 0.6) is 0 Å². The second-order valence-corrected chi connectivity index (χ2v) is 8.18. The highest BCUT2D eigenvalue weighted by atomic mass is 35.5. The third-order valence-electron chi connectivity index (χ3n) is 4.46. The Morgan fingerprint density at radius 3 is 2.55 bits per heavy atom. The van der Waals surface area contributed by atoms with Gasteiger partial charge < -0.3 is 5.32 Å².